The molecule has 2 heteroatoms. The number of hydrogen-bond acceptors (Lipinski definition) is 2. The third-order valence-electron chi connectivity index (χ3n) is 4.01. The zero-order valence-corrected chi connectivity index (χ0v) is 11.7. The van der Waals surface area contributed by atoms with Crippen molar-refractivity contribution in [2.24, 2.45) is 11.8 Å². The zero-order chi connectivity index (χ0) is 13.1. The zero-order valence-electron chi connectivity index (χ0n) is 11.7. The Bertz CT molecular complexity index is 371. The highest BCUT2D eigenvalue weighted by Gasteiger charge is 2.31. The summed E-state index contributed by atoms with van der Waals surface area (Å²) in [5.41, 5.74) is 2.33. The van der Waals surface area contributed by atoms with Crippen molar-refractivity contribution in [3.8, 4) is 0 Å². The molecule has 2 nitrogen and oxygen atoms in total. The smallest absolute Gasteiger partial charge is 0.0914 e. The molecule has 0 heterocycles. The molecule has 18 heavy (non-hydrogen) atoms. The fourth-order valence-electron chi connectivity index (χ4n) is 2.31. The van der Waals surface area contributed by atoms with Gasteiger partial charge < -0.3 is 10.4 Å². The summed E-state index contributed by atoms with van der Waals surface area (Å²) in [6, 6.07) is 8.32. The molecule has 0 radical (unpaired) electrons. The van der Waals surface area contributed by atoms with E-state index in [2.05, 4.69) is 38.2 Å². The van der Waals surface area contributed by atoms with E-state index >= 15 is 0 Å². The second-order valence-electron chi connectivity index (χ2n) is 5.97. The molecule has 0 bridgehead atoms. The van der Waals surface area contributed by atoms with Crippen LogP contribution in [0.25, 0.3) is 0 Å². The fourth-order valence-corrected chi connectivity index (χ4v) is 2.31. The van der Waals surface area contributed by atoms with Crippen LogP contribution in [0, 0.1) is 11.8 Å². The van der Waals surface area contributed by atoms with Crippen molar-refractivity contribution in [1.29, 1.82) is 0 Å². The Morgan fingerprint density at radius 1 is 1.22 bits per heavy atom. The van der Waals surface area contributed by atoms with Crippen molar-refractivity contribution >= 4 is 0 Å². The maximum absolute atomic E-state index is 10.1. The predicted octanol–water partition coefficient (Wildman–Crippen LogP) is 3.09. The lowest BCUT2D eigenvalue weighted by Crippen LogP contribution is -2.23. The molecular weight excluding hydrogens is 222 g/mol. The summed E-state index contributed by atoms with van der Waals surface area (Å²) < 4.78 is 0. The molecule has 0 spiro atoms. The molecule has 0 amide bonds. The SMILES string of the molecule is CC(C)c1ccc(C(O)CNCC2CC2C)cc1. The maximum Gasteiger partial charge on any atom is 0.0914 e. The molecule has 100 valence electrons. The lowest BCUT2D eigenvalue weighted by molar-refractivity contribution is 0.174. The van der Waals surface area contributed by atoms with Crippen LogP contribution >= 0.6 is 0 Å². The van der Waals surface area contributed by atoms with E-state index < -0.39 is 0 Å². The van der Waals surface area contributed by atoms with Crippen molar-refractivity contribution in [3.05, 3.63) is 35.4 Å². The van der Waals surface area contributed by atoms with Crippen LogP contribution in [0.4, 0.5) is 0 Å². The third-order valence-corrected chi connectivity index (χ3v) is 4.01. The van der Waals surface area contributed by atoms with Gasteiger partial charge in [-0.05, 0) is 41.8 Å². The van der Waals surface area contributed by atoms with Crippen LogP contribution in [0.3, 0.4) is 0 Å². The van der Waals surface area contributed by atoms with Crippen molar-refractivity contribution in [2.45, 2.75) is 39.2 Å². The molecule has 1 aromatic rings. The Morgan fingerprint density at radius 3 is 2.28 bits per heavy atom. The average Bonchev–Trinajstić information content (AvgIpc) is 3.05. The van der Waals surface area contributed by atoms with Crippen LogP contribution in [-0.2, 0) is 0 Å². The van der Waals surface area contributed by atoms with E-state index in [1.165, 1.54) is 12.0 Å². The van der Waals surface area contributed by atoms with E-state index in [0.29, 0.717) is 12.5 Å². The van der Waals surface area contributed by atoms with E-state index in [0.717, 1.165) is 23.9 Å². The Morgan fingerprint density at radius 2 is 1.78 bits per heavy atom. The quantitative estimate of drug-likeness (QED) is 0.809. The van der Waals surface area contributed by atoms with Crippen LogP contribution in [0.15, 0.2) is 24.3 Å². The first kappa shape index (κ1) is 13.6. The minimum Gasteiger partial charge on any atom is -0.387 e. The molecule has 0 aliphatic heterocycles. The Balaban J connectivity index is 1.78. The lowest BCUT2D eigenvalue weighted by Gasteiger charge is -2.13. The second kappa shape index (κ2) is 5.85. The van der Waals surface area contributed by atoms with Gasteiger partial charge in [-0.15, -0.1) is 0 Å². The standard InChI is InChI=1S/C16H25NO/c1-11(2)13-4-6-14(7-5-13)16(18)10-17-9-15-8-12(15)3/h4-7,11-12,15-18H,8-10H2,1-3H3. The van der Waals surface area contributed by atoms with Crippen LogP contribution in [0.5, 0.6) is 0 Å². The third kappa shape index (κ3) is 3.56. The van der Waals surface area contributed by atoms with Crippen molar-refractivity contribution in [2.75, 3.05) is 13.1 Å². The predicted molar refractivity (Wildman–Crippen MR) is 75.6 cm³/mol. The van der Waals surface area contributed by atoms with Gasteiger partial charge in [0.05, 0.1) is 6.10 Å². The lowest BCUT2D eigenvalue weighted by atomic mass is 10.00. The second-order valence-corrected chi connectivity index (χ2v) is 5.97. The minimum absolute atomic E-state index is 0.389. The van der Waals surface area contributed by atoms with E-state index in [4.69, 9.17) is 0 Å². The van der Waals surface area contributed by atoms with E-state index in [-0.39, 0.29) is 6.10 Å². The van der Waals surface area contributed by atoms with Gasteiger partial charge in [-0.25, -0.2) is 0 Å². The number of hydrogen-bond donors (Lipinski definition) is 2. The molecule has 0 aromatic heterocycles. The van der Waals surface area contributed by atoms with Crippen LogP contribution < -0.4 is 5.32 Å². The Kier molecular flexibility index (Phi) is 4.41. The number of rotatable bonds is 6. The number of aliphatic hydroxyl groups excluding tert-OH is 1. The Hall–Kier alpha value is -0.860. The van der Waals surface area contributed by atoms with Gasteiger partial charge in [0.1, 0.15) is 0 Å². The molecule has 3 atom stereocenters. The molecule has 1 aromatic carbocycles. The van der Waals surface area contributed by atoms with E-state index in [9.17, 15) is 5.11 Å². The molecule has 2 rings (SSSR count). The van der Waals surface area contributed by atoms with Crippen molar-refractivity contribution in [1.82, 2.24) is 5.32 Å². The van der Waals surface area contributed by atoms with Crippen LogP contribution in [-0.4, -0.2) is 18.2 Å². The van der Waals surface area contributed by atoms with Gasteiger partial charge >= 0.3 is 0 Å². The van der Waals surface area contributed by atoms with Gasteiger partial charge in [-0.3, -0.25) is 0 Å². The molecule has 0 saturated heterocycles. The van der Waals surface area contributed by atoms with Crippen molar-refractivity contribution in [3.63, 3.8) is 0 Å². The summed E-state index contributed by atoms with van der Waals surface area (Å²) in [4.78, 5) is 0. The van der Waals surface area contributed by atoms with Gasteiger partial charge in [0.15, 0.2) is 0 Å². The molecular formula is C16H25NO. The van der Waals surface area contributed by atoms with Gasteiger partial charge in [0.25, 0.3) is 0 Å². The largest absolute Gasteiger partial charge is 0.387 e. The summed E-state index contributed by atoms with van der Waals surface area (Å²) in [5.74, 6) is 2.26. The van der Waals surface area contributed by atoms with Gasteiger partial charge in [0, 0.05) is 6.54 Å². The summed E-state index contributed by atoms with van der Waals surface area (Å²) in [7, 11) is 0. The highest BCUT2D eigenvalue weighted by Crippen LogP contribution is 2.36. The topological polar surface area (TPSA) is 32.3 Å². The first-order valence-corrected chi connectivity index (χ1v) is 7.06. The van der Waals surface area contributed by atoms with Crippen LogP contribution in [0.2, 0.25) is 0 Å². The normalized spacial score (nSPS) is 24.3. The van der Waals surface area contributed by atoms with Gasteiger partial charge in [-0.2, -0.15) is 0 Å². The summed E-state index contributed by atoms with van der Waals surface area (Å²) in [5, 5.41) is 13.5. The first-order valence-electron chi connectivity index (χ1n) is 7.06. The summed E-state index contributed by atoms with van der Waals surface area (Å²) in [6.07, 6.45) is 0.951. The number of benzene rings is 1. The van der Waals surface area contributed by atoms with E-state index in [1.807, 2.05) is 12.1 Å². The highest BCUT2D eigenvalue weighted by atomic mass is 16.3. The number of aliphatic hydroxyl groups is 1. The molecule has 1 aliphatic carbocycles. The highest BCUT2D eigenvalue weighted by molar-refractivity contribution is 5.26. The fraction of sp³-hybridized carbons (Fsp3) is 0.625. The molecule has 2 N–H and O–H groups in total. The average molecular weight is 247 g/mol. The molecule has 1 saturated carbocycles. The monoisotopic (exact) mass is 247 g/mol. The summed E-state index contributed by atoms with van der Waals surface area (Å²) in [6.45, 7) is 8.35. The molecule has 1 aliphatic rings. The van der Waals surface area contributed by atoms with Gasteiger partial charge in [-0.1, -0.05) is 45.0 Å². The maximum atomic E-state index is 10.1. The summed E-state index contributed by atoms with van der Waals surface area (Å²) >= 11 is 0. The Labute approximate surface area is 110 Å². The first-order chi connectivity index (χ1) is 8.58. The molecule has 1 fully saturated rings. The van der Waals surface area contributed by atoms with Gasteiger partial charge in [0.2, 0.25) is 0 Å². The van der Waals surface area contributed by atoms with E-state index in [1.54, 1.807) is 0 Å². The minimum atomic E-state index is -0.389. The number of nitrogens with one attached hydrogen (secondary N) is 1. The molecule has 3 unspecified atom stereocenters. The van der Waals surface area contributed by atoms with Crippen LogP contribution in [0.1, 0.15) is 50.3 Å². The van der Waals surface area contributed by atoms with Crippen molar-refractivity contribution < 1.29 is 5.11 Å².